The number of anilines is 2. The van der Waals surface area contributed by atoms with Gasteiger partial charge in [-0.15, -0.1) is 0 Å². The number of hydrogen-bond donors (Lipinski definition) is 3. The summed E-state index contributed by atoms with van der Waals surface area (Å²) in [7, 11) is 1.60. The minimum atomic E-state index is -0.283. The van der Waals surface area contributed by atoms with Crippen molar-refractivity contribution in [3.05, 3.63) is 54.1 Å². The summed E-state index contributed by atoms with van der Waals surface area (Å²) >= 11 is 0. The molecule has 0 aliphatic rings. The van der Waals surface area contributed by atoms with Crippen molar-refractivity contribution in [3.63, 3.8) is 0 Å². The van der Waals surface area contributed by atoms with Gasteiger partial charge in [-0.25, -0.2) is 0 Å². The topological polar surface area (TPSA) is 76.4 Å². The third-order valence-corrected chi connectivity index (χ3v) is 2.62. The van der Waals surface area contributed by atoms with E-state index >= 15 is 0 Å². The number of para-hydroxylation sites is 1. The molecule has 4 N–H and O–H groups in total. The first-order valence-electron chi connectivity index (χ1n) is 5.75. The normalized spacial score (nSPS) is 9.74. The third kappa shape index (κ3) is 3.16. The van der Waals surface area contributed by atoms with Crippen molar-refractivity contribution in [1.29, 1.82) is 0 Å². The molecule has 0 atom stereocenters. The number of hydrazine groups is 1. The number of rotatable bonds is 4. The molecule has 98 valence electrons. The van der Waals surface area contributed by atoms with Crippen LogP contribution in [0, 0.1) is 0 Å². The van der Waals surface area contributed by atoms with E-state index in [-0.39, 0.29) is 5.91 Å². The number of carbonyl (C=O) groups is 1. The number of nitrogens with two attached hydrogens (primary N) is 1. The van der Waals surface area contributed by atoms with Crippen LogP contribution in [0.2, 0.25) is 0 Å². The molecule has 2 aromatic rings. The molecule has 19 heavy (non-hydrogen) atoms. The van der Waals surface area contributed by atoms with E-state index in [0.717, 1.165) is 11.4 Å². The molecule has 5 nitrogen and oxygen atoms in total. The molecule has 1 amide bonds. The number of nitrogen functional groups attached to an aromatic ring is 1. The predicted molar refractivity (Wildman–Crippen MR) is 74.9 cm³/mol. The SMILES string of the molecule is COc1ccc(NNC(=O)c2ccccc2N)cc1. The summed E-state index contributed by atoms with van der Waals surface area (Å²) in [6, 6.07) is 14.1. The van der Waals surface area contributed by atoms with Gasteiger partial charge in [0, 0.05) is 5.69 Å². The van der Waals surface area contributed by atoms with Crippen LogP contribution in [0.15, 0.2) is 48.5 Å². The van der Waals surface area contributed by atoms with Crippen LogP contribution in [-0.4, -0.2) is 13.0 Å². The fourth-order valence-corrected chi connectivity index (χ4v) is 1.57. The zero-order valence-corrected chi connectivity index (χ0v) is 10.5. The fourth-order valence-electron chi connectivity index (χ4n) is 1.57. The number of amides is 1. The molecule has 0 saturated carbocycles. The standard InChI is InChI=1S/C14H15N3O2/c1-19-11-8-6-10(7-9-11)16-17-14(18)12-4-2-3-5-13(12)15/h2-9,16H,15H2,1H3,(H,17,18). The van der Waals surface area contributed by atoms with Crippen molar-refractivity contribution < 1.29 is 9.53 Å². The van der Waals surface area contributed by atoms with Gasteiger partial charge in [-0.3, -0.25) is 15.6 Å². The van der Waals surface area contributed by atoms with E-state index < -0.39 is 0 Å². The van der Waals surface area contributed by atoms with Crippen LogP contribution < -0.4 is 21.3 Å². The van der Waals surface area contributed by atoms with Crippen molar-refractivity contribution in [2.75, 3.05) is 18.3 Å². The zero-order chi connectivity index (χ0) is 13.7. The van der Waals surface area contributed by atoms with Crippen LogP contribution in [0.5, 0.6) is 5.75 Å². The van der Waals surface area contributed by atoms with E-state index in [2.05, 4.69) is 10.9 Å². The van der Waals surface area contributed by atoms with Crippen molar-refractivity contribution in [2.24, 2.45) is 0 Å². The van der Waals surface area contributed by atoms with E-state index in [1.54, 1.807) is 55.6 Å². The van der Waals surface area contributed by atoms with E-state index in [9.17, 15) is 4.79 Å². The molecule has 0 spiro atoms. The molecule has 0 unspecified atom stereocenters. The Kier molecular flexibility index (Phi) is 3.87. The monoisotopic (exact) mass is 257 g/mol. The van der Waals surface area contributed by atoms with E-state index in [0.29, 0.717) is 11.3 Å². The number of nitrogens with one attached hydrogen (secondary N) is 2. The van der Waals surface area contributed by atoms with Gasteiger partial charge < -0.3 is 10.5 Å². The van der Waals surface area contributed by atoms with Gasteiger partial charge in [0.1, 0.15) is 5.75 Å². The minimum Gasteiger partial charge on any atom is -0.497 e. The lowest BCUT2D eigenvalue weighted by molar-refractivity contribution is 0.0963. The third-order valence-electron chi connectivity index (χ3n) is 2.62. The number of methoxy groups -OCH3 is 1. The summed E-state index contributed by atoms with van der Waals surface area (Å²) in [5, 5.41) is 0. The summed E-state index contributed by atoms with van der Waals surface area (Å²) in [6.45, 7) is 0. The maximum atomic E-state index is 11.9. The Hall–Kier alpha value is -2.69. The Balaban J connectivity index is 1.98. The van der Waals surface area contributed by atoms with Crippen molar-refractivity contribution in [1.82, 2.24) is 5.43 Å². The summed E-state index contributed by atoms with van der Waals surface area (Å²) in [5.41, 5.74) is 12.7. The van der Waals surface area contributed by atoms with Crippen LogP contribution in [0.25, 0.3) is 0 Å². The molecule has 0 saturated heterocycles. The van der Waals surface area contributed by atoms with Crippen LogP contribution in [0.3, 0.4) is 0 Å². The molecule has 0 heterocycles. The lowest BCUT2D eigenvalue weighted by atomic mass is 10.2. The lowest BCUT2D eigenvalue weighted by Gasteiger charge is -2.10. The molecule has 0 aromatic heterocycles. The molecule has 0 radical (unpaired) electrons. The molecule has 5 heteroatoms. The van der Waals surface area contributed by atoms with E-state index in [1.807, 2.05) is 0 Å². The number of hydrogen-bond acceptors (Lipinski definition) is 4. The van der Waals surface area contributed by atoms with Gasteiger partial charge in [0.25, 0.3) is 5.91 Å². The molecule has 2 rings (SSSR count). The highest BCUT2D eigenvalue weighted by atomic mass is 16.5. The number of ether oxygens (including phenoxy) is 1. The van der Waals surface area contributed by atoms with Gasteiger partial charge in [-0.1, -0.05) is 12.1 Å². The number of carbonyl (C=O) groups excluding carboxylic acids is 1. The highest BCUT2D eigenvalue weighted by Gasteiger charge is 2.07. The number of benzene rings is 2. The van der Waals surface area contributed by atoms with Crippen LogP contribution in [0.4, 0.5) is 11.4 Å². The first-order chi connectivity index (χ1) is 9.20. The zero-order valence-electron chi connectivity index (χ0n) is 10.5. The maximum absolute atomic E-state index is 11.9. The van der Waals surface area contributed by atoms with Gasteiger partial charge >= 0.3 is 0 Å². The van der Waals surface area contributed by atoms with E-state index in [4.69, 9.17) is 10.5 Å². The summed E-state index contributed by atoms with van der Waals surface area (Å²) in [4.78, 5) is 11.9. The van der Waals surface area contributed by atoms with Gasteiger partial charge in [0.05, 0.1) is 18.4 Å². The predicted octanol–water partition coefficient (Wildman–Crippen LogP) is 2.03. The van der Waals surface area contributed by atoms with Gasteiger partial charge in [0.15, 0.2) is 0 Å². The maximum Gasteiger partial charge on any atom is 0.271 e. The second-order valence-corrected chi connectivity index (χ2v) is 3.89. The second-order valence-electron chi connectivity index (χ2n) is 3.89. The smallest absolute Gasteiger partial charge is 0.271 e. The largest absolute Gasteiger partial charge is 0.497 e. The lowest BCUT2D eigenvalue weighted by Crippen LogP contribution is -2.29. The average molecular weight is 257 g/mol. The van der Waals surface area contributed by atoms with Crippen LogP contribution in [-0.2, 0) is 0 Å². The molecule has 2 aromatic carbocycles. The molecule has 0 aliphatic carbocycles. The van der Waals surface area contributed by atoms with Crippen LogP contribution in [0.1, 0.15) is 10.4 Å². The van der Waals surface area contributed by atoms with Crippen LogP contribution >= 0.6 is 0 Å². The van der Waals surface area contributed by atoms with E-state index in [1.165, 1.54) is 0 Å². The van der Waals surface area contributed by atoms with Gasteiger partial charge in [-0.2, -0.15) is 0 Å². The molecule has 0 bridgehead atoms. The molecular formula is C14H15N3O2. The Labute approximate surface area is 111 Å². The first kappa shape index (κ1) is 12.8. The summed E-state index contributed by atoms with van der Waals surface area (Å²) < 4.78 is 5.05. The van der Waals surface area contributed by atoms with Crippen molar-refractivity contribution in [3.8, 4) is 5.75 Å². The van der Waals surface area contributed by atoms with Crippen molar-refractivity contribution in [2.45, 2.75) is 0 Å². The highest BCUT2D eigenvalue weighted by Crippen LogP contribution is 2.14. The summed E-state index contributed by atoms with van der Waals surface area (Å²) in [5.74, 6) is 0.470. The van der Waals surface area contributed by atoms with Gasteiger partial charge in [0.2, 0.25) is 0 Å². The molecular weight excluding hydrogens is 242 g/mol. The fraction of sp³-hybridized carbons (Fsp3) is 0.0714. The Bertz CT molecular complexity index is 567. The minimum absolute atomic E-state index is 0.283. The Morgan fingerprint density at radius 1 is 1.11 bits per heavy atom. The Morgan fingerprint density at radius 2 is 1.79 bits per heavy atom. The van der Waals surface area contributed by atoms with Gasteiger partial charge in [-0.05, 0) is 36.4 Å². The van der Waals surface area contributed by atoms with Crippen molar-refractivity contribution >= 4 is 17.3 Å². The average Bonchev–Trinajstić information content (AvgIpc) is 2.46. The summed E-state index contributed by atoms with van der Waals surface area (Å²) in [6.07, 6.45) is 0. The quantitative estimate of drug-likeness (QED) is 0.578. The molecule has 0 aliphatic heterocycles. The second kappa shape index (κ2) is 5.77. The highest BCUT2D eigenvalue weighted by molar-refractivity contribution is 5.99. The molecule has 0 fully saturated rings. The first-order valence-corrected chi connectivity index (χ1v) is 5.75. The Morgan fingerprint density at radius 3 is 2.42 bits per heavy atom.